The van der Waals surface area contributed by atoms with Crippen molar-refractivity contribution < 1.29 is 4.79 Å². The Bertz CT molecular complexity index is 401. The lowest BCUT2D eigenvalue weighted by molar-refractivity contribution is -0.112. The van der Waals surface area contributed by atoms with Crippen LogP contribution in [0.15, 0.2) is 22.7 Å². The van der Waals surface area contributed by atoms with Crippen molar-refractivity contribution in [2.45, 2.75) is 6.92 Å². The Morgan fingerprint density at radius 1 is 1.54 bits per heavy atom. The van der Waals surface area contributed by atoms with Crippen LogP contribution in [0.4, 0.5) is 0 Å². The van der Waals surface area contributed by atoms with Crippen LogP contribution in [0.3, 0.4) is 0 Å². The van der Waals surface area contributed by atoms with Gasteiger partial charge in [0.2, 0.25) is 0 Å². The number of hydrogen-bond acceptors (Lipinski definition) is 1. The molecule has 2 N–H and O–H groups in total. The Kier molecular flexibility index (Phi) is 3.10. The van der Waals surface area contributed by atoms with Gasteiger partial charge in [-0.05, 0) is 40.5 Å². The van der Waals surface area contributed by atoms with Crippen LogP contribution in [-0.4, -0.2) is 5.91 Å². The number of halogens is 1. The second kappa shape index (κ2) is 4.11. The molecular weight excluding hydrogens is 230 g/mol. The summed E-state index contributed by atoms with van der Waals surface area (Å²) in [5, 5.41) is 0. The second-order valence-electron chi connectivity index (χ2n) is 2.60. The van der Waals surface area contributed by atoms with Gasteiger partial charge in [0.1, 0.15) is 0 Å². The number of primary amides is 1. The topological polar surface area (TPSA) is 43.1 Å². The van der Waals surface area contributed by atoms with E-state index >= 15 is 0 Å². The van der Waals surface area contributed by atoms with E-state index in [-0.39, 0.29) is 0 Å². The molecule has 66 valence electrons. The Hall–Kier alpha value is -1.27. The maximum Gasteiger partial charge on any atom is 0.293 e. The van der Waals surface area contributed by atoms with Crippen molar-refractivity contribution in [1.82, 2.24) is 0 Å². The monoisotopic (exact) mass is 237 g/mol. The summed E-state index contributed by atoms with van der Waals surface area (Å²) in [6, 6.07) is 5.74. The molecule has 0 aliphatic heterocycles. The lowest BCUT2D eigenvalue weighted by Crippen LogP contribution is -2.06. The van der Waals surface area contributed by atoms with E-state index in [1.807, 2.05) is 25.1 Å². The molecule has 0 saturated heterocycles. The van der Waals surface area contributed by atoms with Crippen LogP contribution in [0, 0.1) is 18.8 Å². The summed E-state index contributed by atoms with van der Waals surface area (Å²) in [5.41, 5.74) is 6.77. The first-order chi connectivity index (χ1) is 6.09. The third kappa shape index (κ3) is 2.92. The average Bonchev–Trinajstić information content (AvgIpc) is 2.06. The van der Waals surface area contributed by atoms with Gasteiger partial charge < -0.3 is 5.73 Å². The van der Waals surface area contributed by atoms with Gasteiger partial charge in [-0.3, -0.25) is 4.79 Å². The highest BCUT2D eigenvalue weighted by Crippen LogP contribution is 2.16. The molecule has 3 heteroatoms. The summed E-state index contributed by atoms with van der Waals surface area (Å²) < 4.78 is 0.867. The quantitative estimate of drug-likeness (QED) is 0.685. The Labute approximate surface area is 85.3 Å². The Balaban J connectivity index is 3.09. The smallest absolute Gasteiger partial charge is 0.293 e. The number of amides is 1. The van der Waals surface area contributed by atoms with Gasteiger partial charge in [-0.15, -0.1) is 0 Å². The van der Waals surface area contributed by atoms with Crippen molar-refractivity contribution in [2.24, 2.45) is 5.73 Å². The number of aryl methyl sites for hydroxylation is 1. The molecule has 0 fully saturated rings. The minimum atomic E-state index is -0.617. The normalized spacial score (nSPS) is 8.77. The van der Waals surface area contributed by atoms with Crippen LogP contribution in [0.25, 0.3) is 0 Å². The van der Waals surface area contributed by atoms with Crippen molar-refractivity contribution in [3.63, 3.8) is 0 Å². The molecule has 1 amide bonds. The molecule has 1 aromatic rings. The molecule has 0 saturated carbocycles. The van der Waals surface area contributed by atoms with E-state index in [0.717, 1.165) is 15.6 Å². The fourth-order valence-electron chi connectivity index (χ4n) is 0.864. The molecule has 0 unspecified atom stereocenters. The second-order valence-corrected chi connectivity index (χ2v) is 3.45. The van der Waals surface area contributed by atoms with Crippen LogP contribution in [0.5, 0.6) is 0 Å². The lowest BCUT2D eigenvalue weighted by Gasteiger charge is -1.96. The van der Waals surface area contributed by atoms with Crippen molar-refractivity contribution in [1.29, 1.82) is 0 Å². The van der Waals surface area contributed by atoms with Crippen LogP contribution in [0.1, 0.15) is 11.1 Å². The van der Waals surface area contributed by atoms with Gasteiger partial charge in [0, 0.05) is 16.0 Å². The van der Waals surface area contributed by atoms with E-state index in [0.29, 0.717) is 0 Å². The minimum Gasteiger partial charge on any atom is -0.359 e. The Morgan fingerprint density at radius 2 is 2.23 bits per heavy atom. The first kappa shape index (κ1) is 9.82. The summed E-state index contributed by atoms with van der Waals surface area (Å²) >= 11 is 3.33. The number of carbonyl (C=O) groups excluding carboxylic acids is 1. The largest absolute Gasteiger partial charge is 0.359 e. The third-order valence-corrected chi connectivity index (χ3v) is 2.13. The molecule has 0 heterocycles. The first-order valence-electron chi connectivity index (χ1n) is 3.67. The number of nitrogens with two attached hydrogens (primary N) is 1. The van der Waals surface area contributed by atoms with Crippen molar-refractivity contribution in [3.05, 3.63) is 33.8 Å². The third-order valence-electron chi connectivity index (χ3n) is 1.44. The SMILES string of the molecule is Cc1ccc(Br)c(C#CC(N)=O)c1. The fraction of sp³-hybridized carbons (Fsp3) is 0.100. The zero-order valence-electron chi connectivity index (χ0n) is 7.10. The molecular formula is C10H8BrNO. The van der Waals surface area contributed by atoms with E-state index in [4.69, 9.17) is 5.73 Å². The fourth-order valence-corrected chi connectivity index (χ4v) is 1.21. The molecule has 0 aliphatic rings. The number of carbonyl (C=O) groups is 1. The summed E-state index contributed by atoms with van der Waals surface area (Å²) in [4.78, 5) is 10.4. The van der Waals surface area contributed by atoms with E-state index in [9.17, 15) is 4.79 Å². The van der Waals surface area contributed by atoms with Crippen LogP contribution in [0.2, 0.25) is 0 Å². The highest BCUT2D eigenvalue weighted by atomic mass is 79.9. The first-order valence-corrected chi connectivity index (χ1v) is 4.46. The number of benzene rings is 1. The highest BCUT2D eigenvalue weighted by molar-refractivity contribution is 9.10. The minimum absolute atomic E-state index is 0.617. The standard InChI is InChI=1S/C10H8BrNO/c1-7-2-4-9(11)8(6-7)3-5-10(12)13/h2,4,6H,1H3,(H2,12,13). The predicted molar refractivity (Wildman–Crippen MR) is 55.0 cm³/mol. The number of hydrogen-bond donors (Lipinski definition) is 1. The highest BCUT2D eigenvalue weighted by Gasteiger charge is 1.95. The van der Waals surface area contributed by atoms with E-state index in [1.54, 1.807) is 0 Å². The average molecular weight is 238 g/mol. The summed E-state index contributed by atoms with van der Waals surface area (Å²) in [6.07, 6.45) is 0. The van der Waals surface area contributed by atoms with Gasteiger partial charge in [0.25, 0.3) is 5.91 Å². The van der Waals surface area contributed by atoms with Crippen molar-refractivity contribution in [2.75, 3.05) is 0 Å². The van der Waals surface area contributed by atoms with Gasteiger partial charge in [-0.1, -0.05) is 12.0 Å². The molecule has 0 atom stereocenters. The molecule has 0 aliphatic carbocycles. The van der Waals surface area contributed by atoms with Crippen molar-refractivity contribution in [3.8, 4) is 11.8 Å². The van der Waals surface area contributed by atoms with Gasteiger partial charge in [-0.25, -0.2) is 0 Å². The van der Waals surface area contributed by atoms with Crippen LogP contribution in [-0.2, 0) is 4.79 Å². The Morgan fingerprint density at radius 3 is 2.85 bits per heavy atom. The molecule has 1 rings (SSSR count). The maximum atomic E-state index is 10.4. The van der Waals surface area contributed by atoms with E-state index < -0.39 is 5.91 Å². The molecule has 0 radical (unpaired) electrons. The number of rotatable bonds is 0. The summed E-state index contributed by atoms with van der Waals surface area (Å²) in [6.45, 7) is 1.96. The van der Waals surface area contributed by atoms with Gasteiger partial charge >= 0.3 is 0 Å². The van der Waals surface area contributed by atoms with E-state index in [2.05, 4.69) is 27.8 Å². The zero-order chi connectivity index (χ0) is 9.84. The van der Waals surface area contributed by atoms with E-state index in [1.165, 1.54) is 0 Å². The van der Waals surface area contributed by atoms with Crippen LogP contribution >= 0.6 is 15.9 Å². The molecule has 0 spiro atoms. The molecule has 0 bridgehead atoms. The van der Waals surface area contributed by atoms with Gasteiger partial charge in [0.05, 0.1) is 0 Å². The molecule has 13 heavy (non-hydrogen) atoms. The summed E-state index contributed by atoms with van der Waals surface area (Å²) in [7, 11) is 0. The molecule has 1 aromatic carbocycles. The lowest BCUT2D eigenvalue weighted by atomic mass is 10.1. The maximum absolute atomic E-state index is 10.4. The zero-order valence-corrected chi connectivity index (χ0v) is 8.68. The van der Waals surface area contributed by atoms with Crippen LogP contribution < -0.4 is 5.73 Å². The predicted octanol–water partition coefficient (Wildman–Crippen LogP) is 1.59. The molecule has 0 aromatic heterocycles. The van der Waals surface area contributed by atoms with Crippen molar-refractivity contribution >= 4 is 21.8 Å². The van der Waals surface area contributed by atoms with Gasteiger partial charge in [-0.2, -0.15) is 0 Å². The molecule has 2 nitrogen and oxygen atoms in total. The summed E-state index contributed by atoms with van der Waals surface area (Å²) in [5.74, 6) is 4.35. The van der Waals surface area contributed by atoms with Gasteiger partial charge in [0.15, 0.2) is 0 Å².